The molecule has 142 valence electrons. The van der Waals surface area contributed by atoms with E-state index in [0.717, 1.165) is 50.7 Å². The standard InChI is InChI=1S/C19H31N7/c1-23(2)9-6-11-25-12-8-21-19(25)16-7-5-10-26(15-16)18-14-20-13-17(22-18)24(3)4/h8,12-14,16H,5-7,9-11,15H2,1-4H3/t16-/m1/s1. The minimum absolute atomic E-state index is 0.447. The predicted octanol–water partition coefficient (Wildman–Crippen LogP) is 2.07. The van der Waals surface area contributed by atoms with Crippen LogP contribution in [0, 0.1) is 0 Å². The summed E-state index contributed by atoms with van der Waals surface area (Å²) >= 11 is 0. The van der Waals surface area contributed by atoms with E-state index < -0.39 is 0 Å². The minimum Gasteiger partial charge on any atom is -0.361 e. The third kappa shape index (κ3) is 4.52. The summed E-state index contributed by atoms with van der Waals surface area (Å²) in [4.78, 5) is 20.4. The van der Waals surface area contributed by atoms with Gasteiger partial charge in [-0.15, -0.1) is 0 Å². The van der Waals surface area contributed by atoms with Crippen LogP contribution < -0.4 is 9.80 Å². The molecular weight excluding hydrogens is 326 g/mol. The number of rotatable bonds is 7. The van der Waals surface area contributed by atoms with Crippen LogP contribution in [-0.2, 0) is 6.54 Å². The average Bonchev–Trinajstić information content (AvgIpc) is 3.10. The Morgan fingerprint density at radius 1 is 1.19 bits per heavy atom. The summed E-state index contributed by atoms with van der Waals surface area (Å²) in [6, 6.07) is 0. The van der Waals surface area contributed by atoms with E-state index in [2.05, 4.69) is 44.6 Å². The number of aromatic nitrogens is 4. The quantitative estimate of drug-likeness (QED) is 0.756. The first-order valence-corrected chi connectivity index (χ1v) is 9.44. The highest BCUT2D eigenvalue weighted by molar-refractivity contribution is 5.45. The van der Waals surface area contributed by atoms with Gasteiger partial charge >= 0.3 is 0 Å². The van der Waals surface area contributed by atoms with Gasteiger partial charge in [0.05, 0.1) is 12.4 Å². The maximum Gasteiger partial charge on any atom is 0.149 e. The van der Waals surface area contributed by atoms with Crippen molar-refractivity contribution in [3.8, 4) is 0 Å². The van der Waals surface area contributed by atoms with E-state index in [1.807, 2.05) is 37.6 Å². The molecule has 0 bridgehead atoms. The molecular formula is C19H31N7. The van der Waals surface area contributed by atoms with Gasteiger partial charge in [0.25, 0.3) is 0 Å². The Balaban J connectivity index is 1.69. The number of piperidine rings is 1. The lowest BCUT2D eigenvalue weighted by Gasteiger charge is -2.33. The largest absolute Gasteiger partial charge is 0.361 e. The fourth-order valence-corrected chi connectivity index (χ4v) is 3.54. The van der Waals surface area contributed by atoms with Gasteiger partial charge in [-0.3, -0.25) is 4.98 Å². The van der Waals surface area contributed by atoms with E-state index in [4.69, 9.17) is 4.98 Å². The average molecular weight is 358 g/mol. The molecule has 1 aliphatic heterocycles. The molecule has 1 fully saturated rings. The molecule has 0 aromatic carbocycles. The lowest BCUT2D eigenvalue weighted by molar-refractivity contribution is 0.380. The zero-order valence-electron chi connectivity index (χ0n) is 16.5. The van der Waals surface area contributed by atoms with Gasteiger partial charge in [0.1, 0.15) is 17.5 Å². The van der Waals surface area contributed by atoms with Gasteiger partial charge in [-0.2, -0.15) is 0 Å². The lowest BCUT2D eigenvalue weighted by atomic mass is 9.97. The number of hydrogen-bond acceptors (Lipinski definition) is 6. The van der Waals surface area contributed by atoms with Gasteiger partial charge in [-0.1, -0.05) is 0 Å². The van der Waals surface area contributed by atoms with Crippen LogP contribution in [-0.4, -0.2) is 72.2 Å². The number of nitrogens with zero attached hydrogens (tertiary/aromatic N) is 7. The van der Waals surface area contributed by atoms with Crippen molar-refractivity contribution in [2.24, 2.45) is 0 Å². The number of hydrogen-bond donors (Lipinski definition) is 0. The van der Waals surface area contributed by atoms with Crippen LogP contribution in [0.4, 0.5) is 11.6 Å². The molecule has 2 aromatic heterocycles. The van der Waals surface area contributed by atoms with Crippen LogP contribution >= 0.6 is 0 Å². The third-order valence-electron chi connectivity index (χ3n) is 4.93. The zero-order valence-corrected chi connectivity index (χ0v) is 16.5. The molecule has 0 radical (unpaired) electrons. The van der Waals surface area contributed by atoms with Gasteiger partial charge in [-0.25, -0.2) is 9.97 Å². The second-order valence-corrected chi connectivity index (χ2v) is 7.55. The van der Waals surface area contributed by atoms with Crippen molar-refractivity contribution in [2.45, 2.75) is 31.7 Å². The van der Waals surface area contributed by atoms with Crippen molar-refractivity contribution in [1.82, 2.24) is 24.4 Å². The molecule has 26 heavy (non-hydrogen) atoms. The third-order valence-corrected chi connectivity index (χ3v) is 4.93. The molecule has 0 saturated carbocycles. The topological polar surface area (TPSA) is 53.3 Å². The van der Waals surface area contributed by atoms with Gasteiger partial charge in [0, 0.05) is 52.0 Å². The second-order valence-electron chi connectivity index (χ2n) is 7.55. The molecule has 1 atom stereocenters. The summed E-state index contributed by atoms with van der Waals surface area (Å²) in [6.07, 6.45) is 11.2. The van der Waals surface area contributed by atoms with E-state index in [-0.39, 0.29) is 0 Å². The first-order valence-electron chi connectivity index (χ1n) is 9.44. The first-order chi connectivity index (χ1) is 12.5. The van der Waals surface area contributed by atoms with E-state index >= 15 is 0 Å². The van der Waals surface area contributed by atoms with Crippen molar-refractivity contribution in [2.75, 3.05) is 57.6 Å². The SMILES string of the molecule is CN(C)CCCn1ccnc1[C@@H]1CCCN(c2cncc(N(C)C)n2)C1. The Kier molecular flexibility index (Phi) is 6.08. The highest BCUT2D eigenvalue weighted by atomic mass is 15.2. The molecule has 3 heterocycles. The van der Waals surface area contributed by atoms with Crippen LogP contribution in [0.3, 0.4) is 0 Å². The van der Waals surface area contributed by atoms with E-state index in [1.165, 1.54) is 12.2 Å². The molecule has 0 amide bonds. The van der Waals surface area contributed by atoms with Crippen molar-refractivity contribution in [1.29, 1.82) is 0 Å². The van der Waals surface area contributed by atoms with E-state index in [9.17, 15) is 0 Å². The number of anilines is 2. The van der Waals surface area contributed by atoms with Crippen molar-refractivity contribution >= 4 is 11.6 Å². The van der Waals surface area contributed by atoms with Crippen molar-refractivity contribution < 1.29 is 0 Å². The summed E-state index contributed by atoms with van der Waals surface area (Å²) in [7, 11) is 8.24. The molecule has 1 saturated heterocycles. The highest BCUT2D eigenvalue weighted by Gasteiger charge is 2.25. The smallest absolute Gasteiger partial charge is 0.149 e. The van der Waals surface area contributed by atoms with Crippen LogP contribution in [0.1, 0.15) is 31.0 Å². The summed E-state index contributed by atoms with van der Waals surface area (Å²) in [5, 5.41) is 0. The van der Waals surface area contributed by atoms with Crippen molar-refractivity contribution in [3.05, 3.63) is 30.6 Å². The van der Waals surface area contributed by atoms with Crippen molar-refractivity contribution in [3.63, 3.8) is 0 Å². The molecule has 7 heteroatoms. The summed E-state index contributed by atoms with van der Waals surface area (Å²) < 4.78 is 2.33. The number of imidazole rings is 1. The molecule has 0 aliphatic carbocycles. The Morgan fingerprint density at radius 2 is 2.04 bits per heavy atom. The number of aryl methyl sites for hydroxylation is 1. The lowest BCUT2D eigenvalue weighted by Crippen LogP contribution is -2.36. The molecule has 0 unspecified atom stereocenters. The van der Waals surface area contributed by atoms with Crippen LogP contribution in [0.2, 0.25) is 0 Å². The minimum atomic E-state index is 0.447. The Morgan fingerprint density at radius 3 is 2.81 bits per heavy atom. The predicted molar refractivity (Wildman–Crippen MR) is 106 cm³/mol. The molecule has 2 aromatic rings. The zero-order chi connectivity index (χ0) is 18.5. The van der Waals surface area contributed by atoms with Gasteiger partial charge in [0.15, 0.2) is 0 Å². The van der Waals surface area contributed by atoms with Gasteiger partial charge < -0.3 is 19.3 Å². The summed E-state index contributed by atoms with van der Waals surface area (Å²) in [5.41, 5.74) is 0. The normalized spacial score (nSPS) is 17.7. The Hall–Kier alpha value is -2.15. The highest BCUT2D eigenvalue weighted by Crippen LogP contribution is 2.28. The fourth-order valence-electron chi connectivity index (χ4n) is 3.54. The van der Waals surface area contributed by atoms with E-state index in [0.29, 0.717) is 5.92 Å². The van der Waals surface area contributed by atoms with Gasteiger partial charge in [0.2, 0.25) is 0 Å². The summed E-state index contributed by atoms with van der Waals surface area (Å²) in [5.74, 6) is 3.52. The molecule has 7 nitrogen and oxygen atoms in total. The molecule has 3 rings (SSSR count). The Labute approximate surface area is 156 Å². The fraction of sp³-hybridized carbons (Fsp3) is 0.632. The Bertz CT molecular complexity index is 695. The van der Waals surface area contributed by atoms with Gasteiger partial charge in [-0.05, 0) is 39.9 Å². The summed E-state index contributed by atoms with van der Waals surface area (Å²) in [6.45, 7) is 4.11. The molecule has 0 spiro atoms. The van der Waals surface area contributed by atoms with E-state index in [1.54, 1.807) is 0 Å². The molecule has 1 aliphatic rings. The van der Waals surface area contributed by atoms with Crippen LogP contribution in [0.15, 0.2) is 24.8 Å². The van der Waals surface area contributed by atoms with Crippen LogP contribution in [0.5, 0.6) is 0 Å². The first kappa shape index (κ1) is 18.6. The van der Waals surface area contributed by atoms with Crippen LogP contribution in [0.25, 0.3) is 0 Å². The maximum absolute atomic E-state index is 4.76. The molecule has 0 N–H and O–H groups in total. The second kappa shape index (κ2) is 8.49. The maximum atomic E-state index is 4.76. The monoisotopic (exact) mass is 357 g/mol.